The standard InChI is InChI=1S/C27H56N2O3/c1-5-6-7-8-9-10-11-12-13-14-15-16-24-32-27(30)18-21-28(2,3)19-17-20-29(4)22-25-31-26-23-29/h5-26H2,1-4H3/q+2. The van der Waals surface area contributed by atoms with Crippen molar-refractivity contribution in [3.05, 3.63) is 0 Å². The molecule has 0 atom stereocenters. The SMILES string of the molecule is CCCCCCCCCCCCCCOC(=O)CC[N+](C)(C)CCC[N+]1(C)CCOCC1. The molecule has 1 aliphatic heterocycles. The van der Waals surface area contributed by atoms with Crippen molar-refractivity contribution in [3.63, 3.8) is 0 Å². The maximum atomic E-state index is 12.1. The van der Waals surface area contributed by atoms with Gasteiger partial charge in [0.2, 0.25) is 0 Å². The molecule has 0 unspecified atom stereocenters. The second kappa shape index (κ2) is 17.8. The summed E-state index contributed by atoms with van der Waals surface area (Å²) in [5, 5.41) is 0. The van der Waals surface area contributed by atoms with Crippen molar-refractivity contribution < 1.29 is 23.2 Å². The fourth-order valence-corrected chi connectivity index (χ4v) is 4.59. The lowest BCUT2D eigenvalue weighted by Gasteiger charge is -2.38. The molecule has 0 amide bonds. The van der Waals surface area contributed by atoms with Crippen LogP contribution in [0.2, 0.25) is 0 Å². The van der Waals surface area contributed by atoms with Crippen LogP contribution in [0.4, 0.5) is 0 Å². The van der Waals surface area contributed by atoms with E-state index in [1.165, 1.54) is 83.6 Å². The lowest BCUT2D eigenvalue weighted by Crippen LogP contribution is -2.53. The summed E-state index contributed by atoms with van der Waals surface area (Å²) in [5.41, 5.74) is 0. The van der Waals surface area contributed by atoms with Crippen LogP contribution >= 0.6 is 0 Å². The molecule has 1 rings (SSSR count). The average molecular weight is 457 g/mol. The predicted octanol–water partition coefficient (Wildman–Crippen LogP) is 5.56. The number of likely N-dealkylation sites (N-methyl/N-ethyl adjacent to an activating group) is 1. The van der Waals surface area contributed by atoms with Crippen molar-refractivity contribution in [1.82, 2.24) is 0 Å². The summed E-state index contributed by atoms with van der Waals surface area (Å²) in [6.45, 7) is 10.1. The Morgan fingerprint density at radius 1 is 0.812 bits per heavy atom. The number of rotatable bonds is 20. The van der Waals surface area contributed by atoms with Gasteiger partial charge in [-0.05, 0) is 6.42 Å². The van der Waals surface area contributed by atoms with E-state index in [0.29, 0.717) is 13.0 Å². The Kier molecular flexibility index (Phi) is 16.3. The van der Waals surface area contributed by atoms with Crippen LogP contribution in [0, 0.1) is 0 Å². The van der Waals surface area contributed by atoms with Crippen LogP contribution in [-0.2, 0) is 14.3 Å². The Balaban J connectivity index is 1.92. The number of esters is 1. The zero-order chi connectivity index (χ0) is 23.5. The third-order valence-electron chi connectivity index (χ3n) is 7.19. The summed E-state index contributed by atoms with van der Waals surface area (Å²) in [6, 6.07) is 0. The fraction of sp³-hybridized carbons (Fsp3) is 0.963. The molecule has 0 N–H and O–H groups in total. The molecule has 0 aromatic heterocycles. The topological polar surface area (TPSA) is 35.5 Å². The van der Waals surface area contributed by atoms with E-state index in [-0.39, 0.29) is 5.97 Å². The van der Waals surface area contributed by atoms with E-state index in [1.54, 1.807) is 0 Å². The van der Waals surface area contributed by atoms with E-state index in [2.05, 4.69) is 28.1 Å². The van der Waals surface area contributed by atoms with E-state index < -0.39 is 0 Å². The minimum absolute atomic E-state index is 0.0218. The van der Waals surface area contributed by atoms with E-state index in [9.17, 15) is 4.79 Å². The van der Waals surface area contributed by atoms with Crippen molar-refractivity contribution in [3.8, 4) is 0 Å². The Bertz CT molecular complexity index is 462. The molecule has 32 heavy (non-hydrogen) atoms. The van der Waals surface area contributed by atoms with Gasteiger partial charge < -0.3 is 18.4 Å². The van der Waals surface area contributed by atoms with Gasteiger partial charge in [0.15, 0.2) is 0 Å². The molecule has 190 valence electrons. The van der Waals surface area contributed by atoms with Crippen LogP contribution in [0.15, 0.2) is 0 Å². The summed E-state index contributed by atoms with van der Waals surface area (Å²) in [4.78, 5) is 12.1. The molecule has 5 heteroatoms. The number of carbonyl (C=O) groups is 1. The summed E-state index contributed by atoms with van der Waals surface area (Å²) in [7, 11) is 6.81. The predicted molar refractivity (Wildman–Crippen MR) is 135 cm³/mol. The number of nitrogens with zero attached hydrogens (tertiary/aromatic N) is 2. The highest BCUT2D eigenvalue weighted by atomic mass is 16.5. The number of carbonyl (C=O) groups excluding carboxylic acids is 1. The number of unbranched alkanes of at least 4 members (excludes halogenated alkanes) is 11. The van der Waals surface area contributed by atoms with Gasteiger partial charge in [0.05, 0.1) is 67.0 Å². The van der Waals surface area contributed by atoms with Gasteiger partial charge >= 0.3 is 5.97 Å². The third kappa shape index (κ3) is 16.0. The van der Waals surface area contributed by atoms with Crippen molar-refractivity contribution in [1.29, 1.82) is 0 Å². The first kappa shape index (κ1) is 29.4. The molecule has 1 heterocycles. The van der Waals surface area contributed by atoms with Crippen LogP contribution in [0.5, 0.6) is 0 Å². The number of quaternary nitrogens is 2. The summed E-state index contributed by atoms with van der Waals surface area (Å²) in [5.74, 6) is -0.0218. The first-order valence-electron chi connectivity index (χ1n) is 13.8. The zero-order valence-electron chi connectivity index (χ0n) is 22.2. The maximum Gasteiger partial charge on any atom is 0.311 e. The van der Waals surface area contributed by atoms with Crippen molar-refractivity contribution in [2.45, 2.75) is 96.8 Å². The summed E-state index contributed by atoms with van der Waals surface area (Å²) in [6.07, 6.45) is 17.7. The van der Waals surface area contributed by atoms with Gasteiger partial charge in [-0.2, -0.15) is 0 Å². The van der Waals surface area contributed by atoms with E-state index >= 15 is 0 Å². The largest absolute Gasteiger partial charge is 0.466 e. The minimum atomic E-state index is -0.0218. The quantitative estimate of drug-likeness (QED) is 0.137. The normalized spacial score (nSPS) is 16.2. The van der Waals surface area contributed by atoms with E-state index in [0.717, 1.165) is 54.8 Å². The molecule has 0 aromatic carbocycles. The molecule has 5 nitrogen and oxygen atoms in total. The summed E-state index contributed by atoms with van der Waals surface area (Å²) < 4.78 is 13.0. The van der Waals surface area contributed by atoms with Crippen LogP contribution in [0.3, 0.4) is 0 Å². The molecule has 1 aliphatic rings. The Morgan fingerprint density at radius 2 is 1.34 bits per heavy atom. The smallest absolute Gasteiger partial charge is 0.311 e. The average Bonchev–Trinajstić information content (AvgIpc) is 2.76. The van der Waals surface area contributed by atoms with Crippen molar-refractivity contribution >= 4 is 5.97 Å². The molecule has 0 spiro atoms. The second-order valence-electron chi connectivity index (χ2n) is 11.0. The minimum Gasteiger partial charge on any atom is -0.466 e. The molecule has 0 radical (unpaired) electrons. The lowest BCUT2D eigenvalue weighted by molar-refractivity contribution is -0.926. The van der Waals surface area contributed by atoms with Crippen molar-refractivity contribution in [2.75, 3.05) is 73.7 Å². The highest BCUT2D eigenvalue weighted by molar-refractivity contribution is 5.69. The van der Waals surface area contributed by atoms with Crippen LogP contribution in [-0.4, -0.2) is 88.6 Å². The fourth-order valence-electron chi connectivity index (χ4n) is 4.59. The van der Waals surface area contributed by atoms with E-state index in [1.807, 2.05) is 0 Å². The highest BCUT2D eigenvalue weighted by Gasteiger charge is 2.26. The number of morpholine rings is 1. The molecule has 0 aromatic rings. The Labute approximate surface area is 200 Å². The van der Waals surface area contributed by atoms with Gasteiger partial charge in [-0.1, -0.05) is 77.6 Å². The zero-order valence-corrected chi connectivity index (χ0v) is 22.2. The van der Waals surface area contributed by atoms with Gasteiger partial charge in [-0.3, -0.25) is 4.79 Å². The van der Waals surface area contributed by atoms with E-state index in [4.69, 9.17) is 9.47 Å². The number of hydrogen-bond donors (Lipinski definition) is 0. The Morgan fingerprint density at radius 3 is 1.91 bits per heavy atom. The van der Waals surface area contributed by atoms with Crippen LogP contribution in [0.25, 0.3) is 0 Å². The first-order chi connectivity index (χ1) is 15.4. The van der Waals surface area contributed by atoms with Gasteiger partial charge in [-0.25, -0.2) is 0 Å². The second-order valence-corrected chi connectivity index (χ2v) is 11.0. The van der Waals surface area contributed by atoms with Crippen LogP contribution in [0.1, 0.15) is 96.8 Å². The lowest BCUT2D eigenvalue weighted by atomic mass is 10.1. The number of hydrogen-bond acceptors (Lipinski definition) is 3. The molecule has 1 saturated heterocycles. The monoisotopic (exact) mass is 456 g/mol. The molecule has 0 bridgehead atoms. The highest BCUT2D eigenvalue weighted by Crippen LogP contribution is 2.13. The molecule has 1 fully saturated rings. The van der Waals surface area contributed by atoms with Gasteiger partial charge in [-0.15, -0.1) is 0 Å². The van der Waals surface area contributed by atoms with Crippen molar-refractivity contribution in [2.24, 2.45) is 0 Å². The van der Waals surface area contributed by atoms with Crippen LogP contribution < -0.4 is 0 Å². The Hall–Kier alpha value is -0.650. The maximum absolute atomic E-state index is 12.1. The number of ether oxygens (including phenoxy) is 2. The molecule has 0 aliphatic carbocycles. The molecule has 0 saturated carbocycles. The summed E-state index contributed by atoms with van der Waals surface area (Å²) >= 11 is 0. The third-order valence-corrected chi connectivity index (χ3v) is 7.19. The first-order valence-corrected chi connectivity index (χ1v) is 13.8. The van der Waals surface area contributed by atoms with Gasteiger partial charge in [0.25, 0.3) is 0 Å². The van der Waals surface area contributed by atoms with Gasteiger partial charge in [0.1, 0.15) is 13.1 Å². The molecular formula is C27H56N2O3+2. The van der Waals surface area contributed by atoms with Gasteiger partial charge in [0, 0.05) is 6.42 Å². The molecular weight excluding hydrogens is 400 g/mol.